The lowest BCUT2D eigenvalue weighted by atomic mass is 10.1. The summed E-state index contributed by atoms with van der Waals surface area (Å²) in [5.41, 5.74) is 4.34. The lowest BCUT2D eigenvalue weighted by Crippen LogP contribution is -2.13. The van der Waals surface area contributed by atoms with Gasteiger partial charge in [-0.15, -0.1) is 0 Å². The van der Waals surface area contributed by atoms with E-state index < -0.39 is 23.5 Å². The molecule has 1 heterocycles. The monoisotopic (exact) mass is 336 g/mol. The molecule has 2 nitrogen and oxygen atoms in total. The summed E-state index contributed by atoms with van der Waals surface area (Å²) in [6.45, 7) is 3.34. The molecule has 0 aliphatic heterocycles. The van der Waals surface area contributed by atoms with Crippen LogP contribution in [0.15, 0.2) is 24.3 Å². The Morgan fingerprint density at radius 3 is 1.70 bits per heavy atom. The molecule has 2 N–H and O–H groups in total. The van der Waals surface area contributed by atoms with Gasteiger partial charge in [-0.05, 0) is 43.7 Å². The van der Waals surface area contributed by atoms with Gasteiger partial charge in [0, 0.05) is 23.6 Å². The number of halogens is 6. The Labute approximate surface area is 128 Å². The van der Waals surface area contributed by atoms with Gasteiger partial charge in [0.1, 0.15) is 0 Å². The normalized spacial score (nSPS) is 12.7. The van der Waals surface area contributed by atoms with E-state index in [-0.39, 0.29) is 18.3 Å². The van der Waals surface area contributed by atoms with E-state index in [9.17, 15) is 26.3 Å². The minimum Gasteiger partial charge on any atom is -0.326 e. The fourth-order valence-electron chi connectivity index (χ4n) is 2.50. The Hall–Kier alpha value is -1.96. The van der Waals surface area contributed by atoms with Gasteiger partial charge in [0.05, 0.1) is 11.1 Å². The molecule has 2 rings (SSSR count). The van der Waals surface area contributed by atoms with Gasteiger partial charge in [0.2, 0.25) is 0 Å². The van der Waals surface area contributed by atoms with Crippen molar-refractivity contribution in [3.05, 3.63) is 52.3 Å². The number of rotatable bonds is 2. The van der Waals surface area contributed by atoms with Gasteiger partial charge in [-0.2, -0.15) is 26.3 Å². The van der Waals surface area contributed by atoms with Crippen LogP contribution in [0.3, 0.4) is 0 Å². The Morgan fingerprint density at radius 2 is 1.35 bits per heavy atom. The summed E-state index contributed by atoms with van der Waals surface area (Å²) in [6, 6.07) is 3.16. The van der Waals surface area contributed by atoms with Crippen molar-refractivity contribution in [2.45, 2.75) is 32.7 Å². The van der Waals surface area contributed by atoms with E-state index in [4.69, 9.17) is 5.73 Å². The highest BCUT2D eigenvalue weighted by Crippen LogP contribution is 2.37. The average molecular weight is 336 g/mol. The molecule has 126 valence electrons. The van der Waals surface area contributed by atoms with Crippen molar-refractivity contribution in [2.24, 2.45) is 5.73 Å². The zero-order valence-electron chi connectivity index (χ0n) is 12.3. The van der Waals surface area contributed by atoms with Crippen LogP contribution in [0.1, 0.15) is 28.1 Å². The molecular formula is C15H14F6N2. The van der Waals surface area contributed by atoms with E-state index in [1.807, 2.05) is 0 Å². The van der Waals surface area contributed by atoms with Crippen molar-refractivity contribution >= 4 is 0 Å². The lowest BCUT2D eigenvalue weighted by molar-refractivity contribution is -0.143. The van der Waals surface area contributed by atoms with E-state index in [1.165, 1.54) is 4.57 Å². The molecule has 1 aromatic carbocycles. The number of alkyl halides is 6. The number of benzene rings is 1. The summed E-state index contributed by atoms with van der Waals surface area (Å²) in [5, 5.41) is 0. The highest BCUT2D eigenvalue weighted by molar-refractivity contribution is 5.47. The number of aryl methyl sites for hydroxylation is 1. The molecule has 0 radical (unpaired) electrons. The maximum Gasteiger partial charge on any atom is 0.416 e. The van der Waals surface area contributed by atoms with Crippen molar-refractivity contribution in [3.8, 4) is 5.69 Å². The Bertz CT molecular complexity index is 693. The Balaban J connectivity index is 2.75. The molecule has 0 aliphatic rings. The van der Waals surface area contributed by atoms with E-state index in [0.29, 0.717) is 29.1 Å². The first-order valence-electron chi connectivity index (χ1n) is 6.63. The second-order valence-corrected chi connectivity index (χ2v) is 5.20. The van der Waals surface area contributed by atoms with Crippen LogP contribution in [-0.4, -0.2) is 4.57 Å². The first-order valence-corrected chi connectivity index (χ1v) is 6.63. The summed E-state index contributed by atoms with van der Waals surface area (Å²) >= 11 is 0. The summed E-state index contributed by atoms with van der Waals surface area (Å²) in [4.78, 5) is 0. The highest BCUT2D eigenvalue weighted by atomic mass is 19.4. The van der Waals surface area contributed by atoms with Gasteiger partial charge in [-0.3, -0.25) is 0 Å². The molecule has 0 aliphatic carbocycles. The minimum atomic E-state index is -4.87. The molecule has 0 fully saturated rings. The van der Waals surface area contributed by atoms with Crippen LogP contribution in [0, 0.1) is 13.8 Å². The molecule has 23 heavy (non-hydrogen) atoms. The highest BCUT2D eigenvalue weighted by Gasteiger charge is 2.37. The molecule has 1 aromatic heterocycles. The molecule has 0 atom stereocenters. The smallest absolute Gasteiger partial charge is 0.326 e. The number of hydrogen-bond donors (Lipinski definition) is 1. The third-order valence-electron chi connectivity index (χ3n) is 3.59. The molecule has 0 saturated heterocycles. The van der Waals surface area contributed by atoms with E-state index in [2.05, 4.69) is 0 Å². The zero-order valence-corrected chi connectivity index (χ0v) is 12.3. The van der Waals surface area contributed by atoms with Gasteiger partial charge >= 0.3 is 12.4 Å². The molecule has 0 unspecified atom stereocenters. The van der Waals surface area contributed by atoms with E-state index >= 15 is 0 Å². The van der Waals surface area contributed by atoms with Crippen LogP contribution in [0.5, 0.6) is 0 Å². The van der Waals surface area contributed by atoms with Crippen LogP contribution in [0.2, 0.25) is 0 Å². The molecule has 8 heteroatoms. The maximum atomic E-state index is 12.9. The predicted octanol–water partition coefficient (Wildman–Crippen LogP) is 4.59. The number of aromatic nitrogens is 1. The van der Waals surface area contributed by atoms with E-state index in [0.717, 1.165) is 0 Å². The quantitative estimate of drug-likeness (QED) is 0.799. The number of nitrogens with two attached hydrogens (primary N) is 1. The number of hydrogen-bond acceptors (Lipinski definition) is 1. The van der Waals surface area contributed by atoms with Crippen molar-refractivity contribution in [2.75, 3.05) is 0 Å². The van der Waals surface area contributed by atoms with Gasteiger partial charge in [-0.25, -0.2) is 0 Å². The second kappa shape index (κ2) is 5.59. The lowest BCUT2D eigenvalue weighted by Gasteiger charge is -2.17. The minimum absolute atomic E-state index is 0.113. The van der Waals surface area contributed by atoms with Gasteiger partial charge in [0.15, 0.2) is 0 Å². The van der Waals surface area contributed by atoms with Crippen molar-refractivity contribution < 1.29 is 26.3 Å². The summed E-state index contributed by atoms with van der Waals surface area (Å²) in [7, 11) is 0. The maximum absolute atomic E-state index is 12.9. The molecule has 2 aromatic rings. The standard InChI is InChI=1S/C15H14F6N2/c1-8-3-10(7-22)9(2)23(8)13-5-11(14(16,17)18)4-12(6-13)15(19,20)21/h3-6H,7,22H2,1-2H3. The Morgan fingerprint density at radius 1 is 0.870 bits per heavy atom. The molecule has 0 saturated carbocycles. The van der Waals surface area contributed by atoms with Crippen LogP contribution >= 0.6 is 0 Å². The fraction of sp³-hybridized carbons (Fsp3) is 0.333. The van der Waals surface area contributed by atoms with Crippen LogP contribution in [0.4, 0.5) is 26.3 Å². The molecule has 0 spiro atoms. The first-order chi connectivity index (χ1) is 10.4. The molecule has 0 amide bonds. The van der Waals surface area contributed by atoms with Crippen LogP contribution in [-0.2, 0) is 18.9 Å². The fourth-order valence-corrected chi connectivity index (χ4v) is 2.50. The van der Waals surface area contributed by atoms with E-state index in [1.54, 1.807) is 19.9 Å². The predicted molar refractivity (Wildman–Crippen MR) is 73.1 cm³/mol. The summed E-state index contributed by atoms with van der Waals surface area (Å²) < 4.78 is 78.9. The largest absolute Gasteiger partial charge is 0.416 e. The topological polar surface area (TPSA) is 30.9 Å². The zero-order chi connectivity index (χ0) is 17.6. The van der Waals surface area contributed by atoms with Gasteiger partial charge in [-0.1, -0.05) is 0 Å². The second-order valence-electron chi connectivity index (χ2n) is 5.20. The third kappa shape index (κ3) is 3.36. The Kier molecular flexibility index (Phi) is 4.23. The van der Waals surface area contributed by atoms with Crippen molar-refractivity contribution in [3.63, 3.8) is 0 Å². The molecular weight excluding hydrogens is 322 g/mol. The number of nitrogens with zero attached hydrogens (tertiary/aromatic N) is 1. The SMILES string of the molecule is Cc1cc(CN)c(C)n1-c1cc(C(F)(F)F)cc(C(F)(F)F)c1. The van der Waals surface area contributed by atoms with Crippen molar-refractivity contribution in [1.82, 2.24) is 4.57 Å². The summed E-state index contributed by atoms with van der Waals surface area (Å²) in [6.07, 6.45) is -9.75. The third-order valence-corrected chi connectivity index (χ3v) is 3.59. The van der Waals surface area contributed by atoms with Crippen LogP contribution < -0.4 is 5.73 Å². The van der Waals surface area contributed by atoms with Crippen molar-refractivity contribution in [1.29, 1.82) is 0 Å². The van der Waals surface area contributed by atoms with Gasteiger partial charge < -0.3 is 10.3 Å². The van der Waals surface area contributed by atoms with Crippen LogP contribution in [0.25, 0.3) is 5.69 Å². The molecule has 0 bridgehead atoms. The van der Waals surface area contributed by atoms with Gasteiger partial charge in [0.25, 0.3) is 0 Å². The summed E-state index contributed by atoms with van der Waals surface area (Å²) in [5.74, 6) is 0. The average Bonchev–Trinajstić information content (AvgIpc) is 2.71. The first kappa shape index (κ1) is 17.4.